The lowest BCUT2D eigenvalue weighted by atomic mass is 10.3. The number of esters is 1. The van der Waals surface area contributed by atoms with E-state index in [9.17, 15) is 9.59 Å². The Kier molecular flexibility index (Phi) is 6.17. The number of ether oxygens (including phenoxy) is 2. The van der Waals surface area contributed by atoms with Crippen LogP contribution in [0, 0.1) is 6.92 Å². The fourth-order valence-corrected chi connectivity index (χ4v) is 2.91. The van der Waals surface area contributed by atoms with Gasteiger partial charge in [0.2, 0.25) is 0 Å². The number of carbonyl (C=O) groups is 2. The van der Waals surface area contributed by atoms with Crippen LogP contribution < -0.4 is 10.1 Å². The number of rotatable bonds is 7. The van der Waals surface area contributed by atoms with Crippen LogP contribution in [0.25, 0.3) is 0 Å². The number of carbonyl (C=O) groups excluding carboxylic acids is 2. The third-order valence-corrected chi connectivity index (χ3v) is 4.28. The highest BCUT2D eigenvalue weighted by atomic mass is 32.1. The molecule has 27 heavy (non-hydrogen) atoms. The molecule has 0 aliphatic rings. The first-order chi connectivity index (χ1) is 13.1. The molecule has 6 nitrogen and oxygen atoms in total. The maximum absolute atomic E-state index is 12.0. The summed E-state index contributed by atoms with van der Waals surface area (Å²) in [5.41, 5.74) is 1.20. The minimum atomic E-state index is -0.489. The first-order valence-electron chi connectivity index (χ1n) is 8.28. The first-order valence-corrected chi connectivity index (χ1v) is 9.16. The van der Waals surface area contributed by atoms with Gasteiger partial charge in [-0.05, 0) is 31.2 Å². The molecule has 0 bridgehead atoms. The lowest BCUT2D eigenvalue weighted by Crippen LogP contribution is -2.21. The fraction of sp³-hybridized carbons (Fsp3) is 0.150. The number of hydrogen-bond donors (Lipinski definition) is 1. The van der Waals surface area contributed by atoms with Gasteiger partial charge >= 0.3 is 5.97 Å². The highest BCUT2D eigenvalue weighted by Crippen LogP contribution is 2.23. The van der Waals surface area contributed by atoms with Crippen molar-refractivity contribution in [3.05, 3.63) is 70.7 Å². The molecule has 0 spiro atoms. The van der Waals surface area contributed by atoms with E-state index in [-0.39, 0.29) is 13.0 Å². The smallest absolute Gasteiger partial charge is 0.312 e. The summed E-state index contributed by atoms with van der Waals surface area (Å²) in [7, 11) is 0. The van der Waals surface area contributed by atoms with Crippen molar-refractivity contribution in [1.82, 2.24) is 4.98 Å². The maximum Gasteiger partial charge on any atom is 0.312 e. The molecule has 0 atom stereocenters. The summed E-state index contributed by atoms with van der Waals surface area (Å²) in [6.07, 6.45) is 0.0536. The van der Waals surface area contributed by atoms with E-state index in [0.717, 1.165) is 5.01 Å². The number of para-hydroxylation sites is 1. The zero-order valence-electron chi connectivity index (χ0n) is 14.7. The fourth-order valence-electron chi connectivity index (χ4n) is 2.29. The minimum Gasteiger partial charge on any atom is -0.457 e. The summed E-state index contributed by atoms with van der Waals surface area (Å²) in [6.45, 7) is 1.51. The average Bonchev–Trinajstić information content (AvgIpc) is 3.06. The maximum atomic E-state index is 12.0. The van der Waals surface area contributed by atoms with Gasteiger partial charge in [-0.2, -0.15) is 0 Å². The summed E-state index contributed by atoms with van der Waals surface area (Å²) in [4.78, 5) is 28.0. The Balaban J connectivity index is 1.49. The lowest BCUT2D eigenvalue weighted by molar-refractivity contribution is -0.146. The second-order valence-corrected chi connectivity index (χ2v) is 6.75. The van der Waals surface area contributed by atoms with E-state index in [1.54, 1.807) is 29.6 Å². The van der Waals surface area contributed by atoms with Gasteiger partial charge in [0.25, 0.3) is 5.91 Å². The number of aryl methyl sites for hydroxylation is 1. The number of amides is 1. The van der Waals surface area contributed by atoms with E-state index in [2.05, 4.69) is 10.3 Å². The second-order valence-electron chi connectivity index (χ2n) is 5.69. The van der Waals surface area contributed by atoms with Gasteiger partial charge in [-0.3, -0.25) is 9.59 Å². The zero-order chi connectivity index (χ0) is 19.1. The van der Waals surface area contributed by atoms with Crippen molar-refractivity contribution in [3.8, 4) is 11.5 Å². The number of benzene rings is 2. The van der Waals surface area contributed by atoms with Crippen LogP contribution in [0.2, 0.25) is 0 Å². The molecule has 1 heterocycles. The second kappa shape index (κ2) is 8.95. The molecule has 0 aliphatic heterocycles. The third kappa shape index (κ3) is 5.93. The highest BCUT2D eigenvalue weighted by molar-refractivity contribution is 7.09. The molecule has 2 aromatic carbocycles. The molecule has 0 unspecified atom stereocenters. The van der Waals surface area contributed by atoms with Gasteiger partial charge in [0.15, 0.2) is 6.61 Å². The predicted octanol–water partition coefficient (Wildman–Crippen LogP) is 3.97. The minimum absolute atomic E-state index is 0.0536. The summed E-state index contributed by atoms with van der Waals surface area (Å²) in [6, 6.07) is 16.3. The predicted molar refractivity (Wildman–Crippen MR) is 103 cm³/mol. The van der Waals surface area contributed by atoms with E-state index < -0.39 is 11.9 Å². The van der Waals surface area contributed by atoms with Crippen molar-refractivity contribution in [2.75, 3.05) is 11.9 Å². The molecular weight excluding hydrogens is 364 g/mol. The third-order valence-electron chi connectivity index (χ3n) is 3.45. The Hall–Kier alpha value is -3.19. The Morgan fingerprint density at radius 3 is 2.59 bits per heavy atom. The van der Waals surface area contributed by atoms with Crippen LogP contribution in [0.15, 0.2) is 60.0 Å². The number of hydrogen-bond acceptors (Lipinski definition) is 6. The van der Waals surface area contributed by atoms with Gasteiger partial charge in [-0.25, -0.2) is 4.98 Å². The summed E-state index contributed by atoms with van der Waals surface area (Å²) < 4.78 is 10.7. The van der Waals surface area contributed by atoms with Gasteiger partial charge in [0.1, 0.15) is 11.5 Å². The van der Waals surface area contributed by atoms with E-state index in [1.165, 1.54) is 11.3 Å². The van der Waals surface area contributed by atoms with Crippen molar-refractivity contribution < 1.29 is 19.1 Å². The number of anilines is 1. The van der Waals surface area contributed by atoms with Crippen LogP contribution in [-0.4, -0.2) is 23.5 Å². The van der Waals surface area contributed by atoms with Crippen LogP contribution in [0.5, 0.6) is 11.5 Å². The van der Waals surface area contributed by atoms with Crippen molar-refractivity contribution in [3.63, 3.8) is 0 Å². The average molecular weight is 382 g/mol. The Bertz CT molecular complexity index is 924. The summed E-state index contributed by atoms with van der Waals surface area (Å²) >= 11 is 1.46. The Morgan fingerprint density at radius 1 is 1.07 bits per heavy atom. The molecule has 138 valence electrons. The van der Waals surface area contributed by atoms with Crippen molar-refractivity contribution in [2.24, 2.45) is 0 Å². The van der Waals surface area contributed by atoms with Crippen molar-refractivity contribution in [2.45, 2.75) is 13.3 Å². The molecule has 0 saturated carbocycles. The number of nitrogens with one attached hydrogen (secondary N) is 1. The normalized spacial score (nSPS) is 10.3. The molecule has 1 aromatic heterocycles. The molecule has 0 saturated heterocycles. The van der Waals surface area contributed by atoms with Gasteiger partial charge in [0, 0.05) is 17.1 Å². The number of thiazole rings is 1. The van der Waals surface area contributed by atoms with E-state index in [4.69, 9.17) is 9.47 Å². The first kappa shape index (κ1) is 18.6. The molecule has 0 aliphatic carbocycles. The van der Waals surface area contributed by atoms with Crippen LogP contribution in [0.4, 0.5) is 5.69 Å². The zero-order valence-corrected chi connectivity index (χ0v) is 15.5. The molecule has 3 aromatic rings. The standard InChI is InChI=1S/C20H18N2O4S/c1-14-21-16(13-27-14)11-20(24)25-12-19(23)22-15-6-5-9-18(10-15)26-17-7-3-2-4-8-17/h2-10,13H,11-12H2,1H3,(H,22,23). The lowest BCUT2D eigenvalue weighted by Gasteiger charge is -2.09. The van der Waals surface area contributed by atoms with Crippen LogP contribution in [-0.2, 0) is 20.7 Å². The molecule has 1 amide bonds. The van der Waals surface area contributed by atoms with Gasteiger partial charge in [0.05, 0.1) is 17.1 Å². The Labute approximate surface area is 160 Å². The van der Waals surface area contributed by atoms with E-state index >= 15 is 0 Å². The van der Waals surface area contributed by atoms with Crippen LogP contribution in [0.1, 0.15) is 10.7 Å². The van der Waals surface area contributed by atoms with Gasteiger partial charge in [-0.1, -0.05) is 24.3 Å². The quantitative estimate of drug-likeness (QED) is 0.626. The number of nitrogens with zero attached hydrogens (tertiary/aromatic N) is 1. The van der Waals surface area contributed by atoms with Crippen LogP contribution >= 0.6 is 11.3 Å². The van der Waals surface area contributed by atoms with E-state index in [0.29, 0.717) is 22.9 Å². The highest BCUT2D eigenvalue weighted by Gasteiger charge is 2.11. The Morgan fingerprint density at radius 2 is 1.85 bits per heavy atom. The summed E-state index contributed by atoms with van der Waals surface area (Å²) in [5.74, 6) is 0.383. The molecular formula is C20H18N2O4S. The van der Waals surface area contributed by atoms with Crippen molar-refractivity contribution in [1.29, 1.82) is 0 Å². The largest absolute Gasteiger partial charge is 0.457 e. The van der Waals surface area contributed by atoms with Crippen molar-refractivity contribution >= 4 is 28.9 Å². The van der Waals surface area contributed by atoms with E-state index in [1.807, 2.05) is 37.3 Å². The topological polar surface area (TPSA) is 77.5 Å². The molecule has 1 N–H and O–H groups in total. The molecule has 0 fully saturated rings. The van der Waals surface area contributed by atoms with Gasteiger partial charge in [-0.15, -0.1) is 11.3 Å². The number of aromatic nitrogens is 1. The van der Waals surface area contributed by atoms with Crippen LogP contribution in [0.3, 0.4) is 0 Å². The monoisotopic (exact) mass is 382 g/mol. The molecule has 3 rings (SSSR count). The SMILES string of the molecule is Cc1nc(CC(=O)OCC(=O)Nc2cccc(Oc3ccccc3)c2)cs1. The molecule has 0 radical (unpaired) electrons. The summed E-state index contributed by atoms with van der Waals surface area (Å²) in [5, 5.41) is 5.36. The van der Waals surface area contributed by atoms with Gasteiger partial charge < -0.3 is 14.8 Å². The molecule has 7 heteroatoms.